The Hall–Kier alpha value is 0.140. The van der Waals surface area contributed by atoms with Gasteiger partial charge >= 0.3 is 0 Å². The molecule has 0 aliphatic heterocycles. The molecule has 1 atom stereocenters. The summed E-state index contributed by atoms with van der Waals surface area (Å²) in [7, 11) is 0. The maximum Gasteiger partial charge on any atom is 0.0285 e. The Bertz CT molecular complexity index is 306. The lowest BCUT2D eigenvalue weighted by atomic mass is 10.1. The van der Waals surface area contributed by atoms with Crippen LogP contribution in [0.3, 0.4) is 0 Å². The minimum atomic E-state index is 0.688. The van der Waals surface area contributed by atoms with Gasteiger partial charge in [-0.15, -0.1) is 11.3 Å². The molecule has 1 nitrogen and oxygen atoms in total. The lowest BCUT2D eigenvalue weighted by molar-refractivity contribution is 0.468. The van der Waals surface area contributed by atoms with Gasteiger partial charge in [-0.1, -0.05) is 19.8 Å². The van der Waals surface area contributed by atoms with Crippen LogP contribution < -0.4 is 5.32 Å². The topological polar surface area (TPSA) is 12.0 Å². The van der Waals surface area contributed by atoms with E-state index in [0.717, 1.165) is 12.5 Å². The summed E-state index contributed by atoms with van der Waals surface area (Å²) >= 11 is 5.38. The summed E-state index contributed by atoms with van der Waals surface area (Å²) in [5, 5.41) is 5.78. The lowest BCUT2D eigenvalue weighted by Crippen LogP contribution is -2.31. The predicted octanol–water partition coefficient (Wildman–Crippen LogP) is 3.83. The Labute approximate surface area is 104 Å². The number of halogens is 1. The predicted molar refractivity (Wildman–Crippen MR) is 70.5 cm³/mol. The minimum Gasteiger partial charge on any atom is -0.314 e. The highest BCUT2D eigenvalue weighted by molar-refractivity contribution is 9.10. The molecule has 1 aromatic rings. The zero-order valence-corrected chi connectivity index (χ0v) is 11.5. The van der Waals surface area contributed by atoms with Crippen molar-refractivity contribution in [1.29, 1.82) is 0 Å². The SMILES string of the molecule is CCNC(Cc1cc(Br)cs1)CC1CC1. The molecule has 1 heterocycles. The smallest absolute Gasteiger partial charge is 0.0285 e. The number of rotatable bonds is 6. The second-order valence-corrected chi connectivity index (χ2v) is 6.28. The molecular formula is C12H18BrNS. The molecule has 0 spiro atoms. The van der Waals surface area contributed by atoms with Gasteiger partial charge in [-0.3, -0.25) is 0 Å². The quantitative estimate of drug-likeness (QED) is 0.839. The molecule has 84 valence electrons. The first kappa shape index (κ1) is 11.6. The summed E-state index contributed by atoms with van der Waals surface area (Å²) in [4.78, 5) is 1.49. The van der Waals surface area contributed by atoms with Gasteiger partial charge in [0.25, 0.3) is 0 Å². The van der Waals surface area contributed by atoms with Crippen molar-refractivity contribution in [2.24, 2.45) is 5.92 Å². The van der Waals surface area contributed by atoms with Crippen molar-refractivity contribution in [2.45, 2.75) is 38.6 Å². The van der Waals surface area contributed by atoms with Crippen LogP contribution in [0.1, 0.15) is 31.1 Å². The summed E-state index contributed by atoms with van der Waals surface area (Å²) in [6.45, 7) is 3.29. The maximum absolute atomic E-state index is 3.60. The van der Waals surface area contributed by atoms with Crippen LogP contribution in [0.25, 0.3) is 0 Å². The molecule has 0 radical (unpaired) electrons. The van der Waals surface area contributed by atoms with E-state index in [1.54, 1.807) is 0 Å². The highest BCUT2D eigenvalue weighted by Gasteiger charge is 2.25. The van der Waals surface area contributed by atoms with Crippen molar-refractivity contribution >= 4 is 27.3 Å². The van der Waals surface area contributed by atoms with E-state index < -0.39 is 0 Å². The molecule has 1 fully saturated rings. The van der Waals surface area contributed by atoms with Crippen molar-refractivity contribution in [2.75, 3.05) is 6.54 Å². The molecule has 15 heavy (non-hydrogen) atoms. The van der Waals surface area contributed by atoms with E-state index in [2.05, 4.69) is 39.6 Å². The second kappa shape index (κ2) is 5.46. The summed E-state index contributed by atoms with van der Waals surface area (Å²) < 4.78 is 1.23. The van der Waals surface area contributed by atoms with Crippen molar-refractivity contribution in [3.05, 3.63) is 20.8 Å². The highest BCUT2D eigenvalue weighted by atomic mass is 79.9. The fourth-order valence-electron chi connectivity index (χ4n) is 1.99. The third-order valence-electron chi connectivity index (χ3n) is 2.88. The fraction of sp³-hybridized carbons (Fsp3) is 0.667. The van der Waals surface area contributed by atoms with Gasteiger partial charge < -0.3 is 5.32 Å². The largest absolute Gasteiger partial charge is 0.314 e. The van der Waals surface area contributed by atoms with Crippen molar-refractivity contribution in [3.63, 3.8) is 0 Å². The van der Waals surface area contributed by atoms with E-state index in [1.165, 1.54) is 35.0 Å². The molecule has 1 aromatic heterocycles. The van der Waals surface area contributed by atoms with Crippen molar-refractivity contribution in [3.8, 4) is 0 Å². The molecule has 0 aromatic carbocycles. The van der Waals surface area contributed by atoms with E-state index in [1.807, 2.05) is 11.3 Å². The van der Waals surface area contributed by atoms with Crippen LogP contribution in [0.4, 0.5) is 0 Å². The van der Waals surface area contributed by atoms with Crippen LogP contribution >= 0.6 is 27.3 Å². The molecule has 1 unspecified atom stereocenters. The van der Waals surface area contributed by atoms with Gasteiger partial charge in [-0.05, 0) is 47.3 Å². The zero-order valence-electron chi connectivity index (χ0n) is 9.13. The first-order valence-corrected chi connectivity index (χ1v) is 7.41. The van der Waals surface area contributed by atoms with Crippen LogP contribution in [0.15, 0.2) is 15.9 Å². The Morgan fingerprint density at radius 3 is 2.93 bits per heavy atom. The summed E-state index contributed by atoms with van der Waals surface area (Å²) in [6, 6.07) is 2.94. The number of nitrogens with one attached hydrogen (secondary N) is 1. The normalized spacial score (nSPS) is 18.0. The average molecular weight is 288 g/mol. The lowest BCUT2D eigenvalue weighted by Gasteiger charge is -2.16. The van der Waals surface area contributed by atoms with E-state index in [-0.39, 0.29) is 0 Å². The average Bonchev–Trinajstić information content (AvgIpc) is 2.90. The van der Waals surface area contributed by atoms with Crippen LogP contribution in [0, 0.1) is 5.92 Å². The highest BCUT2D eigenvalue weighted by Crippen LogP contribution is 2.34. The summed E-state index contributed by atoms with van der Waals surface area (Å²) in [6.07, 6.45) is 5.47. The number of hydrogen-bond acceptors (Lipinski definition) is 2. The van der Waals surface area contributed by atoms with Gasteiger partial charge in [0, 0.05) is 20.8 Å². The van der Waals surface area contributed by atoms with Gasteiger partial charge in [0.2, 0.25) is 0 Å². The van der Waals surface area contributed by atoms with E-state index in [9.17, 15) is 0 Å². The van der Waals surface area contributed by atoms with Gasteiger partial charge in [0.05, 0.1) is 0 Å². The molecular weight excluding hydrogens is 270 g/mol. The van der Waals surface area contributed by atoms with Crippen molar-refractivity contribution < 1.29 is 0 Å². The van der Waals surface area contributed by atoms with Crippen LogP contribution in [-0.4, -0.2) is 12.6 Å². The van der Waals surface area contributed by atoms with Gasteiger partial charge in [0.1, 0.15) is 0 Å². The Kier molecular flexibility index (Phi) is 4.23. The molecule has 1 aliphatic rings. The third-order valence-corrected chi connectivity index (χ3v) is 4.60. The molecule has 3 heteroatoms. The first-order valence-electron chi connectivity index (χ1n) is 5.74. The number of hydrogen-bond donors (Lipinski definition) is 1. The molecule has 0 amide bonds. The molecule has 1 N–H and O–H groups in total. The molecule has 1 aliphatic carbocycles. The summed E-state index contributed by atoms with van der Waals surface area (Å²) in [5.74, 6) is 1.01. The number of likely N-dealkylation sites (N-methyl/N-ethyl adjacent to an activating group) is 1. The molecule has 1 saturated carbocycles. The van der Waals surface area contributed by atoms with Gasteiger partial charge in [-0.2, -0.15) is 0 Å². The van der Waals surface area contributed by atoms with Crippen LogP contribution in [-0.2, 0) is 6.42 Å². The number of thiophene rings is 1. The Balaban J connectivity index is 1.86. The summed E-state index contributed by atoms with van der Waals surface area (Å²) in [5.41, 5.74) is 0. The molecule has 0 bridgehead atoms. The van der Waals surface area contributed by atoms with Crippen LogP contribution in [0.5, 0.6) is 0 Å². The molecule has 2 rings (SSSR count). The monoisotopic (exact) mass is 287 g/mol. The standard InChI is InChI=1S/C12H18BrNS/c1-2-14-11(5-9-3-4-9)7-12-6-10(13)8-15-12/h6,8-9,11,14H,2-5,7H2,1H3. The van der Waals surface area contributed by atoms with E-state index >= 15 is 0 Å². The van der Waals surface area contributed by atoms with Gasteiger partial charge in [0.15, 0.2) is 0 Å². The minimum absolute atomic E-state index is 0.688. The Morgan fingerprint density at radius 1 is 1.60 bits per heavy atom. The van der Waals surface area contributed by atoms with E-state index in [0.29, 0.717) is 6.04 Å². The maximum atomic E-state index is 3.60. The fourth-order valence-corrected chi connectivity index (χ4v) is 3.52. The zero-order chi connectivity index (χ0) is 10.7. The van der Waals surface area contributed by atoms with Gasteiger partial charge in [-0.25, -0.2) is 0 Å². The second-order valence-electron chi connectivity index (χ2n) is 4.37. The molecule has 0 saturated heterocycles. The van der Waals surface area contributed by atoms with E-state index in [4.69, 9.17) is 0 Å². The third kappa shape index (κ3) is 3.89. The first-order chi connectivity index (χ1) is 7.28. The van der Waals surface area contributed by atoms with Crippen molar-refractivity contribution in [1.82, 2.24) is 5.32 Å². The van der Waals surface area contributed by atoms with Crippen LogP contribution in [0.2, 0.25) is 0 Å². The Morgan fingerprint density at radius 2 is 2.40 bits per heavy atom.